The molecule has 0 bridgehead atoms. The fraction of sp³-hybridized carbons (Fsp3) is 0.756. The maximum absolute atomic E-state index is 6.04. The van der Waals surface area contributed by atoms with Crippen LogP contribution in [0.3, 0.4) is 0 Å². The molecule has 0 radical (unpaired) electrons. The monoisotopic (exact) mass is 598 g/mol. The fourth-order valence-electron chi connectivity index (χ4n) is 11.5. The second kappa shape index (κ2) is 14.4. The van der Waals surface area contributed by atoms with Crippen molar-refractivity contribution in [3.63, 3.8) is 0 Å². The van der Waals surface area contributed by atoms with Gasteiger partial charge < -0.3 is 11.1 Å². The van der Waals surface area contributed by atoms with Crippen molar-refractivity contribution in [2.45, 2.75) is 135 Å². The SMILES string of the molecule is CC1C2=CCC(C3CCCCC3)CC2N([C@H]2CCC3C=CCCC3C2)C/C(CCC(/C=C\N)C2C=CNC2)=C2/CCCCC21. The van der Waals surface area contributed by atoms with Crippen LogP contribution in [-0.2, 0) is 0 Å². The van der Waals surface area contributed by atoms with E-state index >= 15 is 0 Å². The molecule has 0 aromatic carbocycles. The average molecular weight is 598 g/mol. The lowest BCUT2D eigenvalue weighted by molar-refractivity contribution is 0.0567. The molecule has 44 heavy (non-hydrogen) atoms. The lowest BCUT2D eigenvalue weighted by Crippen LogP contribution is -2.52. The third-order valence-electron chi connectivity index (χ3n) is 14.0. The highest BCUT2D eigenvalue weighted by Gasteiger charge is 2.44. The molecule has 8 unspecified atom stereocenters. The summed E-state index contributed by atoms with van der Waals surface area (Å²) in [5.41, 5.74) is 11.7. The Morgan fingerprint density at radius 3 is 2.68 bits per heavy atom. The predicted octanol–water partition coefficient (Wildman–Crippen LogP) is 9.45. The number of nitrogens with one attached hydrogen (secondary N) is 1. The molecule has 2 heterocycles. The number of hydrogen-bond acceptors (Lipinski definition) is 3. The minimum Gasteiger partial charge on any atom is -0.405 e. The summed E-state index contributed by atoms with van der Waals surface area (Å²) >= 11 is 0. The number of nitrogens with zero attached hydrogens (tertiary/aromatic N) is 1. The van der Waals surface area contributed by atoms with Crippen LogP contribution in [0.25, 0.3) is 0 Å². The van der Waals surface area contributed by atoms with Gasteiger partial charge in [0.1, 0.15) is 0 Å². The minimum atomic E-state index is 0.531. The standard InChI is InChI=1S/C41H63N3/c1-29-38-13-7-8-14-40(38)36(16-15-32(21-23-42)35-22-24-43-27-35)28-44(37-19-17-31-11-5-6-12-33(31)25-37)41-26-34(18-20-39(29)41)30-9-3-2-4-10-30/h5,11,20-24,29-35,37-38,41,43H,2-4,6-10,12-19,25-28,42H2,1H3/b23-21-,40-36-/t29?,31?,32?,33?,34?,35?,37-,38?,41?/m0/s1. The van der Waals surface area contributed by atoms with Crippen LogP contribution >= 0.6 is 0 Å². The topological polar surface area (TPSA) is 41.3 Å². The molecule has 0 aromatic heterocycles. The van der Waals surface area contributed by atoms with Crippen molar-refractivity contribution < 1.29 is 0 Å². The second-order valence-corrected chi connectivity index (χ2v) is 16.2. The molecule has 0 aromatic rings. The summed E-state index contributed by atoms with van der Waals surface area (Å²) in [6, 6.07) is 1.43. The molecule has 3 nitrogen and oxygen atoms in total. The first-order valence-electron chi connectivity index (χ1n) is 19.3. The Hall–Kier alpha value is -1.74. The first-order valence-corrected chi connectivity index (χ1v) is 19.3. The van der Waals surface area contributed by atoms with Crippen molar-refractivity contribution in [3.05, 3.63) is 59.5 Å². The zero-order chi connectivity index (χ0) is 29.9. The summed E-state index contributed by atoms with van der Waals surface area (Å²) < 4.78 is 0. The minimum absolute atomic E-state index is 0.531. The number of nitrogens with two attached hydrogens (primary N) is 1. The van der Waals surface area contributed by atoms with Gasteiger partial charge in [-0.1, -0.05) is 92.5 Å². The molecular formula is C41H63N3. The van der Waals surface area contributed by atoms with Crippen LogP contribution in [0.5, 0.6) is 0 Å². The Kier molecular flexibility index (Phi) is 10.1. The molecule has 3 heteroatoms. The Balaban J connectivity index is 1.22. The van der Waals surface area contributed by atoms with Gasteiger partial charge in [0, 0.05) is 31.1 Å². The molecule has 0 saturated heterocycles. The van der Waals surface area contributed by atoms with Crippen LogP contribution < -0.4 is 11.1 Å². The van der Waals surface area contributed by atoms with E-state index in [0.717, 1.165) is 42.2 Å². The summed E-state index contributed by atoms with van der Waals surface area (Å²) in [5, 5.41) is 3.47. The summed E-state index contributed by atoms with van der Waals surface area (Å²) in [4.78, 5) is 3.18. The van der Waals surface area contributed by atoms with Gasteiger partial charge in [-0.25, -0.2) is 0 Å². The lowest BCUT2D eigenvalue weighted by Gasteiger charge is -2.52. The highest BCUT2D eigenvalue weighted by molar-refractivity contribution is 5.31. The normalized spacial score (nSPS) is 40.8. The van der Waals surface area contributed by atoms with Gasteiger partial charge in [-0.05, 0) is 131 Å². The van der Waals surface area contributed by atoms with Crippen molar-refractivity contribution >= 4 is 0 Å². The van der Waals surface area contributed by atoms with E-state index in [-0.39, 0.29) is 0 Å². The highest BCUT2D eigenvalue weighted by atomic mass is 15.2. The molecule has 3 saturated carbocycles. The van der Waals surface area contributed by atoms with Crippen LogP contribution in [0, 0.1) is 47.3 Å². The first kappa shape index (κ1) is 30.9. The Bertz CT molecular complexity index is 1120. The van der Waals surface area contributed by atoms with Crippen LogP contribution in [0.2, 0.25) is 0 Å². The average Bonchev–Trinajstić information content (AvgIpc) is 3.62. The molecule has 3 N–H and O–H groups in total. The summed E-state index contributed by atoms with van der Waals surface area (Å²) in [5.74, 6) is 6.22. The summed E-state index contributed by atoms with van der Waals surface area (Å²) in [7, 11) is 0. The van der Waals surface area contributed by atoms with E-state index in [1.165, 1.54) is 122 Å². The van der Waals surface area contributed by atoms with Gasteiger partial charge in [-0.2, -0.15) is 0 Å². The lowest BCUT2D eigenvalue weighted by atomic mass is 9.64. The Morgan fingerprint density at radius 1 is 0.955 bits per heavy atom. The Morgan fingerprint density at radius 2 is 1.84 bits per heavy atom. The summed E-state index contributed by atoms with van der Waals surface area (Å²) in [6.07, 6.45) is 41.9. The molecule has 9 atom stereocenters. The zero-order valence-electron chi connectivity index (χ0n) is 28.0. The largest absolute Gasteiger partial charge is 0.405 e. The quantitative estimate of drug-likeness (QED) is 0.287. The molecule has 0 spiro atoms. The molecule has 0 amide bonds. The molecule has 5 aliphatic carbocycles. The van der Waals surface area contributed by atoms with Crippen molar-refractivity contribution in [1.29, 1.82) is 0 Å². The van der Waals surface area contributed by atoms with Crippen LogP contribution in [0.4, 0.5) is 0 Å². The van der Waals surface area contributed by atoms with E-state index in [9.17, 15) is 0 Å². The maximum atomic E-state index is 6.04. The van der Waals surface area contributed by atoms with Gasteiger partial charge in [0.15, 0.2) is 0 Å². The molecule has 242 valence electrons. The van der Waals surface area contributed by atoms with Gasteiger partial charge >= 0.3 is 0 Å². The van der Waals surface area contributed by atoms with E-state index in [4.69, 9.17) is 5.73 Å². The number of fused-ring (bicyclic) bond motifs is 3. The predicted molar refractivity (Wildman–Crippen MR) is 186 cm³/mol. The molecular weight excluding hydrogens is 534 g/mol. The zero-order valence-corrected chi connectivity index (χ0v) is 28.0. The maximum Gasteiger partial charge on any atom is 0.0319 e. The van der Waals surface area contributed by atoms with E-state index in [0.29, 0.717) is 23.8 Å². The van der Waals surface area contributed by atoms with Gasteiger partial charge in [0.05, 0.1) is 0 Å². The number of hydrogen-bond donors (Lipinski definition) is 2. The van der Waals surface area contributed by atoms with Crippen LogP contribution in [0.15, 0.2) is 59.5 Å². The summed E-state index contributed by atoms with van der Waals surface area (Å²) in [6.45, 7) is 4.97. The van der Waals surface area contributed by atoms with Gasteiger partial charge in [-0.3, -0.25) is 4.90 Å². The van der Waals surface area contributed by atoms with Crippen molar-refractivity contribution in [2.75, 3.05) is 13.1 Å². The van der Waals surface area contributed by atoms with Crippen molar-refractivity contribution in [2.24, 2.45) is 53.1 Å². The first-order chi connectivity index (χ1) is 21.7. The molecule has 3 fully saturated rings. The molecule has 7 rings (SSSR count). The van der Waals surface area contributed by atoms with Crippen molar-refractivity contribution in [1.82, 2.24) is 10.2 Å². The van der Waals surface area contributed by atoms with Crippen molar-refractivity contribution in [3.8, 4) is 0 Å². The van der Waals surface area contributed by atoms with Gasteiger partial charge in [-0.15, -0.1) is 0 Å². The fourth-order valence-corrected chi connectivity index (χ4v) is 11.5. The molecule has 7 aliphatic rings. The van der Waals surface area contributed by atoms with E-state index in [2.05, 4.69) is 53.7 Å². The third-order valence-corrected chi connectivity index (χ3v) is 14.0. The smallest absolute Gasteiger partial charge is 0.0319 e. The highest BCUT2D eigenvalue weighted by Crippen LogP contribution is 2.50. The van der Waals surface area contributed by atoms with Gasteiger partial charge in [0.2, 0.25) is 0 Å². The van der Waals surface area contributed by atoms with E-state index < -0.39 is 0 Å². The van der Waals surface area contributed by atoms with E-state index in [1.54, 1.807) is 0 Å². The van der Waals surface area contributed by atoms with E-state index in [1.807, 2.05) is 22.9 Å². The van der Waals surface area contributed by atoms with Crippen LogP contribution in [-0.4, -0.2) is 30.1 Å². The van der Waals surface area contributed by atoms with Gasteiger partial charge in [0.25, 0.3) is 0 Å². The number of allylic oxidation sites excluding steroid dienone is 5. The second-order valence-electron chi connectivity index (χ2n) is 16.2. The Labute approximate surface area is 269 Å². The number of rotatable bonds is 7. The molecule has 2 aliphatic heterocycles. The third kappa shape index (κ3) is 6.56. The van der Waals surface area contributed by atoms with Crippen LogP contribution in [0.1, 0.15) is 122 Å².